The van der Waals surface area contributed by atoms with Gasteiger partial charge in [0.25, 0.3) is 0 Å². The fourth-order valence-corrected chi connectivity index (χ4v) is 5.10. The zero-order valence-corrected chi connectivity index (χ0v) is 18.0. The zero-order chi connectivity index (χ0) is 21.8. The highest BCUT2D eigenvalue weighted by Crippen LogP contribution is 2.52. The summed E-state index contributed by atoms with van der Waals surface area (Å²) in [6.45, 7) is 5.51. The van der Waals surface area contributed by atoms with E-state index in [-0.39, 0.29) is 17.9 Å². The lowest BCUT2D eigenvalue weighted by atomic mass is 9.76. The van der Waals surface area contributed by atoms with Gasteiger partial charge >= 0.3 is 0 Å². The second-order valence-corrected chi connectivity index (χ2v) is 8.90. The molecule has 1 spiro atoms. The quantitative estimate of drug-likeness (QED) is 0.695. The molecule has 7 nitrogen and oxygen atoms in total. The molecule has 3 aliphatic heterocycles. The van der Waals surface area contributed by atoms with Gasteiger partial charge in [-0.25, -0.2) is 0 Å². The van der Waals surface area contributed by atoms with Crippen LogP contribution in [-0.4, -0.2) is 56.9 Å². The third-order valence-corrected chi connectivity index (χ3v) is 6.80. The van der Waals surface area contributed by atoms with E-state index in [4.69, 9.17) is 4.74 Å². The van der Waals surface area contributed by atoms with Crippen LogP contribution in [0, 0.1) is 25.7 Å². The lowest BCUT2D eigenvalue weighted by Crippen LogP contribution is -2.44. The van der Waals surface area contributed by atoms with Gasteiger partial charge in [-0.15, -0.1) is 0 Å². The second-order valence-electron chi connectivity index (χ2n) is 8.90. The second kappa shape index (κ2) is 7.27. The number of carbonyl (C=O) groups is 2. The molecule has 2 bridgehead atoms. The molecule has 0 saturated carbocycles. The monoisotopic (exact) mass is 418 g/mol. The Morgan fingerprint density at radius 2 is 2.13 bits per heavy atom. The standard InChI is InChI=1S/C24H26N4O3/c1-15-4-5-17(10-16(15)2)12-28-14-24-7-6-19(31-24)20(21(24)23(28)30)22(29)27(3)13-18-11-25-8-9-26-18/h4-11,19-21H,12-14H2,1-3H3/t19-,20+,21+,24-/m0/s1. The smallest absolute Gasteiger partial charge is 0.230 e. The molecule has 2 saturated heterocycles. The number of nitrogens with zero attached hydrogens (tertiary/aromatic N) is 4. The Labute approximate surface area is 181 Å². The Hall–Kier alpha value is -3.06. The van der Waals surface area contributed by atoms with Crippen LogP contribution in [0.1, 0.15) is 22.4 Å². The Morgan fingerprint density at radius 3 is 2.87 bits per heavy atom. The number of amides is 2. The molecule has 1 aromatic heterocycles. The minimum absolute atomic E-state index is 0.00340. The molecule has 4 atom stereocenters. The van der Waals surface area contributed by atoms with E-state index >= 15 is 0 Å². The lowest BCUT2D eigenvalue weighted by molar-refractivity contribution is -0.142. The van der Waals surface area contributed by atoms with Crippen LogP contribution in [-0.2, 0) is 27.4 Å². The molecule has 0 radical (unpaired) electrons. The first kappa shape index (κ1) is 19.9. The van der Waals surface area contributed by atoms with Crippen molar-refractivity contribution in [3.8, 4) is 0 Å². The van der Waals surface area contributed by atoms with Gasteiger partial charge in [0.05, 0.1) is 42.9 Å². The number of hydrogen-bond donors (Lipinski definition) is 0. The van der Waals surface area contributed by atoms with Crippen molar-refractivity contribution in [3.05, 3.63) is 71.3 Å². The molecule has 160 valence electrons. The zero-order valence-electron chi connectivity index (χ0n) is 18.0. The Bertz CT molecular complexity index is 1070. The molecule has 0 aliphatic carbocycles. The molecule has 3 aliphatic rings. The number of rotatable bonds is 5. The predicted molar refractivity (Wildman–Crippen MR) is 114 cm³/mol. The van der Waals surface area contributed by atoms with Crippen LogP contribution in [0.15, 0.2) is 48.9 Å². The highest BCUT2D eigenvalue weighted by atomic mass is 16.5. The maximum Gasteiger partial charge on any atom is 0.230 e. The third-order valence-electron chi connectivity index (χ3n) is 6.80. The largest absolute Gasteiger partial charge is 0.360 e. The summed E-state index contributed by atoms with van der Waals surface area (Å²) in [4.78, 5) is 38.6. The van der Waals surface area contributed by atoms with Gasteiger partial charge in [-0.3, -0.25) is 19.6 Å². The van der Waals surface area contributed by atoms with Crippen LogP contribution < -0.4 is 0 Å². The van der Waals surface area contributed by atoms with Crippen LogP contribution >= 0.6 is 0 Å². The summed E-state index contributed by atoms with van der Waals surface area (Å²) in [5.41, 5.74) is 3.54. The van der Waals surface area contributed by atoms with Gasteiger partial charge in [-0.1, -0.05) is 30.4 Å². The SMILES string of the molecule is Cc1ccc(CN2C[C@]34C=C[C@H](O3)[C@@H](C(=O)N(C)Cc3cnccn3)[C@@H]4C2=O)cc1C. The first-order chi connectivity index (χ1) is 14.9. The van der Waals surface area contributed by atoms with Crippen molar-refractivity contribution in [1.82, 2.24) is 19.8 Å². The number of ether oxygens (including phenoxy) is 1. The summed E-state index contributed by atoms with van der Waals surface area (Å²) in [5.74, 6) is -1.08. The molecule has 0 N–H and O–H groups in total. The van der Waals surface area contributed by atoms with E-state index < -0.39 is 17.4 Å². The average Bonchev–Trinajstić information content (AvgIpc) is 3.39. The van der Waals surface area contributed by atoms with Crippen molar-refractivity contribution in [2.24, 2.45) is 11.8 Å². The van der Waals surface area contributed by atoms with Gasteiger partial charge in [-0.05, 0) is 30.5 Å². The van der Waals surface area contributed by atoms with Crippen LogP contribution in [0.3, 0.4) is 0 Å². The van der Waals surface area contributed by atoms with Gasteiger partial charge in [0.1, 0.15) is 5.60 Å². The van der Waals surface area contributed by atoms with Crippen molar-refractivity contribution in [2.45, 2.75) is 38.6 Å². The van der Waals surface area contributed by atoms with Crippen molar-refractivity contribution >= 4 is 11.8 Å². The van der Waals surface area contributed by atoms with Gasteiger partial charge in [0.15, 0.2) is 0 Å². The van der Waals surface area contributed by atoms with Crippen molar-refractivity contribution in [3.63, 3.8) is 0 Å². The molecule has 2 amide bonds. The predicted octanol–water partition coefficient (Wildman–Crippen LogP) is 2.03. The maximum atomic E-state index is 13.4. The van der Waals surface area contributed by atoms with E-state index in [9.17, 15) is 9.59 Å². The van der Waals surface area contributed by atoms with Crippen LogP contribution in [0.4, 0.5) is 0 Å². The highest BCUT2D eigenvalue weighted by Gasteiger charge is 2.67. The Balaban J connectivity index is 1.36. The van der Waals surface area contributed by atoms with E-state index in [1.54, 1.807) is 30.5 Å². The number of likely N-dealkylation sites (tertiary alicyclic amines) is 1. The molecular formula is C24H26N4O3. The molecular weight excluding hydrogens is 392 g/mol. The van der Waals surface area contributed by atoms with Gasteiger partial charge in [0, 0.05) is 26.0 Å². The Kier molecular flexibility index (Phi) is 4.66. The van der Waals surface area contributed by atoms with E-state index in [1.807, 2.05) is 17.1 Å². The first-order valence-corrected chi connectivity index (χ1v) is 10.6. The normalized spacial score (nSPS) is 28.3. The fourth-order valence-electron chi connectivity index (χ4n) is 5.10. The fraction of sp³-hybridized carbons (Fsp3) is 0.417. The summed E-state index contributed by atoms with van der Waals surface area (Å²) in [6, 6.07) is 6.27. The summed E-state index contributed by atoms with van der Waals surface area (Å²) >= 11 is 0. The number of benzene rings is 1. The van der Waals surface area contributed by atoms with E-state index in [0.717, 1.165) is 5.56 Å². The maximum absolute atomic E-state index is 13.4. The highest BCUT2D eigenvalue weighted by molar-refractivity contribution is 5.93. The van der Waals surface area contributed by atoms with Crippen LogP contribution in [0.25, 0.3) is 0 Å². The van der Waals surface area contributed by atoms with Gasteiger partial charge in [-0.2, -0.15) is 0 Å². The minimum atomic E-state index is -0.699. The summed E-state index contributed by atoms with van der Waals surface area (Å²) in [5, 5.41) is 0. The average molecular weight is 418 g/mol. The first-order valence-electron chi connectivity index (χ1n) is 10.6. The summed E-state index contributed by atoms with van der Waals surface area (Å²) in [6.07, 6.45) is 8.45. The third kappa shape index (κ3) is 3.24. The van der Waals surface area contributed by atoms with Crippen LogP contribution in [0.2, 0.25) is 0 Å². The molecule has 31 heavy (non-hydrogen) atoms. The summed E-state index contributed by atoms with van der Waals surface area (Å²) in [7, 11) is 1.74. The van der Waals surface area contributed by atoms with Crippen molar-refractivity contribution in [1.29, 1.82) is 0 Å². The lowest BCUT2D eigenvalue weighted by Gasteiger charge is -2.27. The number of hydrogen-bond acceptors (Lipinski definition) is 5. The number of fused-ring (bicyclic) bond motifs is 1. The number of aromatic nitrogens is 2. The van der Waals surface area contributed by atoms with Crippen molar-refractivity contribution < 1.29 is 14.3 Å². The van der Waals surface area contributed by atoms with E-state index in [2.05, 4.69) is 42.0 Å². The van der Waals surface area contributed by atoms with Gasteiger partial charge < -0.3 is 14.5 Å². The molecule has 0 unspecified atom stereocenters. The van der Waals surface area contributed by atoms with Crippen LogP contribution in [0.5, 0.6) is 0 Å². The molecule has 4 heterocycles. The van der Waals surface area contributed by atoms with Gasteiger partial charge in [0.2, 0.25) is 11.8 Å². The molecule has 1 aromatic carbocycles. The Morgan fingerprint density at radius 1 is 1.29 bits per heavy atom. The van der Waals surface area contributed by atoms with E-state index in [0.29, 0.717) is 25.3 Å². The molecule has 5 rings (SSSR count). The van der Waals surface area contributed by atoms with E-state index in [1.165, 1.54) is 11.1 Å². The number of carbonyl (C=O) groups excluding carboxylic acids is 2. The molecule has 7 heteroatoms. The molecule has 2 fully saturated rings. The minimum Gasteiger partial charge on any atom is -0.360 e. The van der Waals surface area contributed by atoms with Crippen molar-refractivity contribution in [2.75, 3.05) is 13.6 Å². The molecule has 2 aromatic rings. The topological polar surface area (TPSA) is 75.6 Å². The summed E-state index contributed by atoms with van der Waals surface area (Å²) < 4.78 is 6.25. The number of aryl methyl sites for hydroxylation is 2.